The van der Waals surface area contributed by atoms with Crippen molar-refractivity contribution in [3.8, 4) is 0 Å². The molecule has 2 aromatic rings. The van der Waals surface area contributed by atoms with Crippen molar-refractivity contribution in [3.05, 3.63) is 36.0 Å². The third kappa shape index (κ3) is 2.99. The van der Waals surface area contributed by atoms with Crippen LogP contribution in [0, 0.1) is 0 Å². The summed E-state index contributed by atoms with van der Waals surface area (Å²) in [6.07, 6.45) is 0. The molecule has 3 nitrogen and oxygen atoms in total. The van der Waals surface area contributed by atoms with Gasteiger partial charge in [-0.2, -0.15) is 0 Å². The zero-order valence-corrected chi connectivity index (χ0v) is 11.3. The lowest BCUT2D eigenvalue weighted by atomic mass is 10.1. The maximum absolute atomic E-state index is 4.70. The van der Waals surface area contributed by atoms with Crippen molar-refractivity contribution in [1.82, 2.24) is 10.3 Å². The van der Waals surface area contributed by atoms with E-state index in [2.05, 4.69) is 61.7 Å². The Morgan fingerprint density at radius 1 is 1.22 bits per heavy atom. The third-order valence-electron chi connectivity index (χ3n) is 2.77. The van der Waals surface area contributed by atoms with E-state index in [4.69, 9.17) is 4.98 Å². The highest BCUT2D eigenvalue weighted by Gasteiger charge is 2.06. The van der Waals surface area contributed by atoms with E-state index in [1.54, 1.807) is 0 Å². The van der Waals surface area contributed by atoms with Gasteiger partial charge in [-0.15, -0.1) is 0 Å². The van der Waals surface area contributed by atoms with E-state index < -0.39 is 0 Å². The van der Waals surface area contributed by atoms with Crippen LogP contribution in [0.2, 0.25) is 0 Å². The third-order valence-corrected chi connectivity index (χ3v) is 2.77. The molecule has 18 heavy (non-hydrogen) atoms. The summed E-state index contributed by atoms with van der Waals surface area (Å²) in [5.41, 5.74) is 1.08. The molecule has 96 valence electrons. The molecule has 2 N–H and O–H groups in total. The number of aromatic nitrogens is 1. The highest BCUT2D eigenvalue weighted by molar-refractivity contribution is 5.92. The predicted molar refractivity (Wildman–Crippen MR) is 77.9 cm³/mol. The molecule has 0 fully saturated rings. The Morgan fingerprint density at radius 2 is 2.00 bits per heavy atom. The van der Waals surface area contributed by atoms with E-state index in [-0.39, 0.29) is 0 Å². The lowest BCUT2D eigenvalue weighted by Gasteiger charge is -2.14. The van der Waals surface area contributed by atoms with Crippen LogP contribution in [0.25, 0.3) is 10.8 Å². The van der Waals surface area contributed by atoms with Crippen LogP contribution in [0.15, 0.2) is 30.3 Å². The van der Waals surface area contributed by atoms with Crippen molar-refractivity contribution in [3.63, 3.8) is 0 Å². The van der Waals surface area contributed by atoms with Crippen LogP contribution in [0.4, 0.5) is 5.82 Å². The smallest absolute Gasteiger partial charge is 0.134 e. The maximum atomic E-state index is 4.70. The van der Waals surface area contributed by atoms with Gasteiger partial charge in [0.05, 0.1) is 5.69 Å². The van der Waals surface area contributed by atoms with Gasteiger partial charge in [-0.25, -0.2) is 4.98 Å². The number of nitrogens with zero attached hydrogens (tertiary/aromatic N) is 1. The molecule has 0 aliphatic rings. The lowest BCUT2D eigenvalue weighted by molar-refractivity contribution is 0.711. The highest BCUT2D eigenvalue weighted by Crippen LogP contribution is 2.23. The van der Waals surface area contributed by atoms with E-state index in [9.17, 15) is 0 Å². The molecule has 0 radical (unpaired) electrons. The molecule has 0 saturated carbocycles. The average Bonchev–Trinajstić information content (AvgIpc) is 2.35. The molecule has 0 saturated heterocycles. The van der Waals surface area contributed by atoms with Crippen LogP contribution in [0.5, 0.6) is 0 Å². The zero-order chi connectivity index (χ0) is 13.0. The second-order valence-electron chi connectivity index (χ2n) is 4.76. The van der Waals surface area contributed by atoms with Crippen molar-refractivity contribution in [1.29, 1.82) is 0 Å². The van der Waals surface area contributed by atoms with Crippen molar-refractivity contribution in [2.24, 2.45) is 0 Å². The molecule has 1 heterocycles. The normalized spacial score (nSPS) is 11.1. The monoisotopic (exact) mass is 243 g/mol. The van der Waals surface area contributed by atoms with Crippen molar-refractivity contribution < 1.29 is 0 Å². The van der Waals surface area contributed by atoms with Gasteiger partial charge in [0.2, 0.25) is 0 Å². The molecule has 3 heteroatoms. The van der Waals surface area contributed by atoms with E-state index in [1.165, 1.54) is 10.8 Å². The first-order chi connectivity index (χ1) is 8.70. The van der Waals surface area contributed by atoms with Crippen LogP contribution in [0.1, 0.15) is 26.5 Å². The van der Waals surface area contributed by atoms with Crippen LogP contribution >= 0.6 is 0 Å². The highest BCUT2D eigenvalue weighted by atomic mass is 15.0. The number of benzene rings is 1. The molecule has 0 aliphatic carbocycles. The number of anilines is 1. The standard InChI is InChI=1S/C15H21N3/c1-4-16-10-13-9-12-7-5-6-8-14(12)15(18-13)17-11(2)3/h5-9,11,16H,4,10H2,1-3H3,(H,17,18). The van der Waals surface area contributed by atoms with Crippen molar-refractivity contribution in [2.45, 2.75) is 33.4 Å². The minimum absolute atomic E-state index is 0.385. The number of nitrogens with one attached hydrogen (secondary N) is 2. The van der Waals surface area contributed by atoms with Gasteiger partial charge in [0, 0.05) is 18.0 Å². The molecule has 0 bridgehead atoms. The summed E-state index contributed by atoms with van der Waals surface area (Å²) in [4.78, 5) is 4.70. The van der Waals surface area contributed by atoms with Gasteiger partial charge in [0.1, 0.15) is 5.82 Å². The number of pyridine rings is 1. The van der Waals surface area contributed by atoms with Gasteiger partial charge in [-0.3, -0.25) is 0 Å². The summed E-state index contributed by atoms with van der Waals surface area (Å²) in [5.74, 6) is 0.982. The fraction of sp³-hybridized carbons (Fsp3) is 0.400. The Balaban J connectivity index is 2.43. The van der Waals surface area contributed by atoms with Gasteiger partial charge >= 0.3 is 0 Å². The van der Waals surface area contributed by atoms with E-state index in [0.717, 1.165) is 24.6 Å². The predicted octanol–water partition coefficient (Wildman–Crippen LogP) is 3.16. The lowest BCUT2D eigenvalue weighted by Crippen LogP contribution is -2.16. The van der Waals surface area contributed by atoms with Crippen LogP contribution in [0.3, 0.4) is 0 Å². The summed E-state index contributed by atoms with van der Waals surface area (Å²) in [5, 5.41) is 9.17. The minimum atomic E-state index is 0.385. The Labute approximate surface area is 109 Å². The maximum Gasteiger partial charge on any atom is 0.134 e. The Hall–Kier alpha value is -1.61. The largest absolute Gasteiger partial charge is 0.367 e. The van der Waals surface area contributed by atoms with E-state index in [0.29, 0.717) is 6.04 Å². The second-order valence-corrected chi connectivity index (χ2v) is 4.76. The first kappa shape index (κ1) is 12.8. The second kappa shape index (κ2) is 5.83. The molecular weight excluding hydrogens is 222 g/mol. The van der Waals surface area contributed by atoms with Gasteiger partial charge in [0.25, 0.3) is 0 Å². The molecule has 0 aliphatic heterocycles. The topological polar surface area (TPSA) is 37.0 Å². The number of hydrogen-bond donors (Lipinski definition) is 2. The minimum Gasteiger partial charge on any atom is -0.367 e. The van der Waals surface area contributed by atoms with Crippen molar-refractivity contribution in [2.75, 3.05) is 11.9 Å². The number of rotatable bonds is 5. The zero-order valence-electron chi connectivity index (χ0n) is 11.3. The molecule has 1 aromatic carbocycles. The van der Waals surface area contributed by atoms with Gasteiger partial charge in [-0.1, -0.05) is 31.2 Å². The molecule has 0 amide bonds. The Kier molecular flexibility index (Phi) is 4.15. The van der Waals surface area contributed by atoms with Gasteiger partial charge in [0.15, 0.2) is 0 Å². The fourth-order valence-electron chi connectivity index (χ4n) is 1.98. The Morgan fingerprint density at radius 3 is 2.72 bits per heavy atom. The summed E-state index contributed by atoms with van der Waals surface area (Å²) in [6, 6.07) is 10.9. The summed E-state index contributed by atoms with van der Waals surface area (Å²) < 4.78 is 0. The first-order valence-electron chi connectivity index (χ1n) is 6.56. The first-order valence-corrected chi connectivity index (χ1v) is 6.56. The number of fused-ring (bicyclic) bond motifs is 1. The van der Waals surface area contributed by atoms with Crippen molar-refractivity contribution >= 4 is 16.6 Å². The SMILES string of the molecule is CCNCc1cc2ccccc2c(NC(C)C)n1. The van der Waals surface area contributed by atoms with Gasteiger partial charge < -0.3 is 10.6 Å². The number of hydrogen-bond acceptors (Lipinski definition) is 3. The molecule has 2 rings (SSSR count). The molecule has 0 spiro atoms. The summed E-state index contributed by atoms with van der Waals surface area (Å²) in [7, 11) is 0. The Bertz CT molecular complexity index is 520. The summed E-state index contributed by atoms with van der Waals surface area (Å²) >= 11 is 0. The molecule has 0 unspecified atom stereocenters. The molecular formula is C15H21N3. The quantitative estimate of drug-likeness (QED) is 0.847. The molecule has 1 aromatic heterocycles. The molecule has 0 atom stereocenters. The summed E-state index contributed by atoms with van der Waals surface area (Å²) in [6.45, 7) is 8.14. The van der Waals surface area contributed by atoms with E-state index >= 15 is 0 Å². The average molecular weight is 243 g/mol. The van der Waals surface area contributed by atoms with Crippen LogP contribution < -0.4 is 10.6 Å². The van der Waals surface area contributed by atoms with Crippen LogP contribution in [-0.4, -0.2) is 17.6 Å². The van der Waals surface area contributed by atoms with Gasteiger partial charge in [-0.05, 0) is 31.8 Å². The fourth-order valence-corrected chi connectivity index (χ4v) is 1.98. The van der Waals surface area contributed by atoms with Crippen LogP contribution in [-0.2, 0) is 6.54 Å². The van der Waals surface area contributed by atoms with E-state index in [1.807, 2.05) is 0 Å².